The van der Waals surface area contributed by atoms with E-state index in [1.165, 1.54) is 30.3 Å². The Kier molecular flexibility index (Phi) is 13.0. The molecule has 0 aliphatic heterocycles. The molecular weight excluding hydrogens is 438 g/mol. The number of aromatic nitrogens is 2. The second-order valence-electron chi connectivity index (χ2n) is 6.66. The second-order valence-corrected chi connectivity index (χ2v) is 9.87. The molecule has 0 unspecified atom stereocenters. The van der Waals surface area contributed by atoms with E-state index in [1.807, 2.05) is 44.5 Å². The van der Waals surface area contributed by atoms with E-state index in [2.05, 4.69) is 84.8 Å². The molecular formula is C25H33N3S3. The van der Waals surface area contributed by atoms with Crippen LogP contribution in [0.4, 0.5) is 0 Å². The van der Waals surface area contributed by atoms with Crippen molar-refractivity contribution in [1.29, 1.82) is 0 Å². The maximum atomic E-state index is 4.16. The largest absolute Gasteiger partial charge is 0.301 e. The number of hydrogen-bond acceptors (Lipinski definition) is 6. The summed E-state index contributed by atoms with van der Waals surface area (Å²) in [4.78, 5) is 15.9. The summed E-state index contributed by atoms with van der Waals surface area (Å²) in [5, 5.41) is 1.37. The van der Waals surface area contributed by atoms with Gasteiger partial charge >= 0.3 is 0 Å². The average molecular weight is 472 g/mol. The summed E-state index contributed by atoms with van der Waals surface area (Å²) in [7, 11) is 1.75. The average Bonchev–Trinajstić information content (AvgIpc) is 3.34. The predicted octanol–water partition coefficient (Wildman–Crippen LogP) is 7.98. The molecule has 31 heavy (non-hydrogen) atoms. The molecule has 0 aliphatic rings. The molecule has 0 saturated heterocycles. The molecule has 3 nitrogen and oxygen atoms in total. The zero-order valence-corrected chi connectivity index (χ0v) is 22.0. The van der Waals surface area contributed by atoms with Crippen molar-refractivity contribution in [3.63, 3.8) is 0 Å². The summed E-state index contributed by atoms with van der Waals surface area (Å²) in [5.74, 6) is 1.76. The number of rotatable bonds is 1. The normalized spacial score (nSPS) is 9.94. The van der Waals surface area contributed by atoms with Crippen LogP contribution in [0.2, 0.25) is 0 Å². The molecule has 6 heteroatoms. The first kappa shape index (κ1) is 27.0. The lowest BCUT2D eigenvalue weighted by Gasteiger charge is -1.95. The topological polar surface area (TPSA) is 38.1 Å². The van der Waals surface area contributed by atoms with Crippen LogP contribution in [0.15, 0.2) is 53.8 Å². The number of thiol groups is 1. The van der Waals surface area contributed by atoms with Gasteiger partial charge in [-0.25, -0.2) is 9.97 Å². The van der Waals surface area contributed by atoms with Gasteiger partial charge in [0.15, 0.2) is 0 Å². The van der Waals surface area contributed by atoms with E-state index >= 15 is 0 Å². The van der Waals surface area contributed by atoms with Crippen molar-refractivity contribution in [3.8, 4) is 10.4 Å². The maximum Gasteiger partial charge on any atom is 0.125 e. The van der Waals surface area contributed by atoms with Crippen molar-refractivity contribution in [1.82, 2.24) is 9.97 Å². The minimum absolute atomic E-state index is 0.817. The molecule has 166 valence electrons. The van der Waals surface area contributed by atoms with Gasteiger partial charge in [-0.1, -0.05) is 19.1 Å². The third-order valence-electron chi connectivity index (χ3n) is 3.86. The molecule has 0 aliphatic carbocycles. The van der Waals surface area contributed by atoms with Gasteiger partial charge in [-0.15, -0.1) is 22.7 Å². The molecule has 0 saturated carbocycles. The lowest BCUT2D eigenvalue weighted by Crippen LogP contribution is -1.85. The van der Waals surface area contributed by atoms with Crippen LogP contribution < -0.4 is 0 Å². The number of nitrogens with zero attached hydrogens (tertiary/aromatic N) is 3. The predicted molar refractivity (Wildman–Crippen MR) is 146 cm³/mol. The lowest BCUT2D eigenvalue weighted by atomic mass is 10.2. The van der Waals surface area contributed by atoms with Crippen LogP contribution >= 0.6 is 35.3 Å². The van der Waals surface area contributed by atoms with Gasteiger partial charge in [0.1, 0.15) is 5.82 Å². The Morgan fingerprint density at radius 1 is 0.935 bits per heavy atom. The summed E-state index contributed by atoms with van der Waals surface area (Å²) in [6.45, 7) is 12.2. The SMILES string of the molecule is CC=NC.CCS.Cc1ccc2cc(C)sc2c1.Cc1ncc(-c2ccc(C)s2)cn1. The number of thiophene rings is 2. The summed E-state index contributed by atoms with van der Waals surface area (Å²) >= 11 is 7.42. The molecule has 4 aromatic rings. The third-order valence-corrected chi connectivity index (χ3v) is 5.93. The van der Waals surface area contributed by atoms with E-state index in [9.17, 15) is 0 Å². The fraction of sp³-hybridized carbons (Fsp3) is 0.320. The molecule has 3 aromatic heterocycles. The summed E-state index contributed by atoms with van der Waals surface area (Å²) in [5.41, 5.74) is 2.45. The first-order chi connectivity index (χ1) is 14.8. The summed E-state index contributed by atoms with van der Waals surface area (Å²) < 4.78 is 1.41. The number of aliphatic imine (C=N–C) groups is 1. The number of aryl methyl sites for hydroxylation is 4. The summed E-state index contributed by atoms with van der Waals surface area (Å²) in [6, 6.07) is 13.0. The van der Waals surface area contributed by atoms with E-state index in [0.29, 0.717) is 0 Å². The van der Waals surface area contributed by atoms with Gasteiger partial charge in [0.25, 0.3) is 0 Å². The first-order valence-corrected chi connectivity index (χ1v) is 12.4. The highest BCUT2D eigenvalue weighted by Gasteiger charge is 2.00. The number of benzene rings is 1. The summed E-state index contributed by atoms with van der Waals surface area (Å²) in [6.07, 6.45) is 5.49. The van der Waals surface area contributed by atoms with Crippen molar-refractivity contribution in [2.75, 3.05) is 12.8 Å². The Labute approximate surface area is 200 Å². The first-order valence-electron chi connectivity index (χ1n) is 10.1. The van der Waals surface area contributed by atoms with Crippen LogP contribution in [0.5, 0.6) is 0 Å². The monoisotopic (exact) mass is 471 g/mol. The molecule has 3 heterocycles. The van der Waals surface area contributed by atoms with Crippen LogP contribution in [0.3, 0.4) is 0 Å². The van der Waals surface area contributed by atoms with Crippen molar-refractivity contribution >= 4 is 51.6 Å². The highest BCUT2D eigenvalue weighted by Crippen LogP contribution is 2.26. The van der Waals surface area contributed by atoms with Crippen LogP contribution in [0, 0.1) is 27.7 Å². The van der Waals surface area contributed by atoms with E-state index in [4.69, 9.17) is 0 Å². The van der Waals surface area contributed by atoms with Crippen LogP contribution in [0.1, 0.15) is 35.0 Å². The van der Waals surface area contributed by atoms with E-state index in [-0.39, 0.29) is 0 Å². The van der Waals surface area contributed by atoms with Crippen molar-refractivity contribution in [3.05, 3.63) is 69.9 Å². The molecule has 1 aromatic carbocycles. The second kappa shape index (κ2) is 14.9. The van der Waals surface area contributed by atoms with E-state index in [0.717, 1.165) is 17.1 Å². The van der Waals surface area contributed by atoms with E-state index < -0.39 is 0 Å². The Morgan fingerprint density at radius 3 is 2.06 bits per heavy atom. The minimum Gasteiger partial charge on any atom is -0.301 e. The highest BCUT2D eigenvalue weighted by atomic mass is 32.1. The van der Waals surface area contributed by atoms with Crippen molar-refractivity contribution in [2.24, 2.45) is 4.99 Å². The molecule has 0 radical (unpaired) electrons. The Balaban J connectivity index is 0.000000242. The zero-order chi connectivity index (χ0) is 23.2. The fourth-order valence-corrected chi connectivity index (χ4v) is 4.25. The van der Waals surface area contributed by atoms with Crippen molar-refractivity contribution < 1.29 is 0 Å². The van der Waals surface area contributed by atoms with Gasteiger partial charge in [-0.2, -0.15) is 12.6 Å². The fourth-order valence-electron chi connectivity index (χ4n) is 2.38. The molecule has 0 N–H and O–H groups in total. The standard InChI is InChI=1S/C10H10N2S.C10H10S.C3H7N.C2H6S/c1-7-3-4-10(13-7)9-5-11-8(2)12-6-9;1-7-3-4-9-6-8(2)11-10(9)5-7;1-3-4-2;1-2-3/h3-6H,1-2H3;3-6H,1-2H3;3H,1-2H3;3H,2H2,1H3. The number of hydrogen-bond donors (Lipinski definition) is 1. The van der Waals surface area contributed by atoms with Gasteiger partial charge in [-0.3, -0.25) is 0 Å². The van der Waals surface area contributed by atoms with Crippen molar-refractivity contribution in [2.45, 2.75) is 41.5 Å². The van der Waals surface area contributed by atoms with Crippen LogP contribution in [-0.4, -0.2) is 29.0 Å². The Bertz CT molecular complexity index is 1040. The molecule has 0 spiro atoms. The van der Waals surface area contributed by atoms with Gasteiger partial charge in [-0.05, 0) is 81.8 Å². The van der Waals surface area contributed by atoms with Gasteiger partial charge < -0.3 is 4.99 Å². The Hall–Kier alpha value is -2.02. The van der Waals surface area contributed by atoms with Gasteiger partial charge in [0.2, 0.25) is 0 Å². The lowest BCUT2D eigenvalue weighted by molar-refractivity contribution is 1.06. The molecule has 0 atom stereocenters. The minimum atomic E-state index is 0.817. The highest BCUT2D eigenvalue weighted by molar-refractivity contribution is 7.80. The quantitative estimate of drug-likeness (QED) is 0.226. The van der Waals surface area contributed by atoms with Gasteiger partial charge in [0.05, 0.1) is 0 Å². The molecule has 4 rings (SSSR count). The molecule has 0 amide bonds. The third kappa shape index (κ3) is 10.2. The van der Waals surface area contributed by atoms with E-state index in [1.54, 1.807) is 24.6 Å². The Morgan fingerprint density at radius 2 is 1.55 bits per heavy atom. The van der Waals surface area contributed by atoms with Crippen LogP contribution in [0.25, 0.3) is 20.5 Å². The smallest absolute Gasteiger partial charge is 0.125 e. The van der Waals surface area contributed by atoms with Crippen LogP contribution in [-0.2, 0) is 0 Å². The molecule has 0 fully saturated rings. The number of fused-ring (bicyclic) bond motifs is 1. The van der Waals surface area contributed by atoms with Gasteiger partial charge in [0, 0.05) is 44.3 Å². The maximum absolute atomic E-state index is 4.16. The molecule has 0 bridgehead atoms. The zero-order valence-electron chi connectivity index (χ0n) is 19.5.